The summed E-state index contributed by atoms with van der Waals surface area (Å²) in [5, 5.41) is 4.27. The van der Waals surface area contributed by atoms with Crippen molar-refractivity contribution in [3.63, 3.8) is 0 Å². The van der Waals surface area contributed by atoms with Gasteiger partial charge >= 0.3 is 0 Å². The van der Waals surface area contributed by atoms with Gasteiger partial charge < -0.3 is 4.90 Å². The summed E-state index contributed by atoms with van der Waals surface area (Å²) in [4.78, 5) is 15.1. The molecule has 0 N–H and O–H groups in total. The van der Waals surface area contributed by atoms with Gasteiger partial charge in [0.05, 0.1) is 12.2 Å². The zero-order valence-electron chi connectivity index (χ0n) is 14.7. The largest absolute Gasteiger partial charge is 0.335 e. The highest BCUT2D eigenvalue weighted by Gasteiger charge is 2.47. The number of rotatable bonds is 3. The van der Waals surface area contributed by atoms with Crippen molar-refractivity contribution < 1.29 is 4.79 Å². The van der Waals surface area contributed by atoms with Gasteiger partial charge in [-0.1, -0.05) is 18.2 Å². The first-order chi connectivity index (χ1) is 11.5. The van der Waals surface area contributed by atoms with Gasteiger partial charge in [-0.05, 0) is 55.7 Å². The van der Waals surface area contributed by atoms with Crippen LogP contribution in [0.2, 0.25) is 0 Å². The molecule has 0 spiro atoms. The molecule has 1 saturated carbocycles. The van der Waals surface area contributed by atoms with E-state index in [-0.39, 0.29) is 12.0 Å². The molecule has 1 aliphatic carbocycles. The van der Waals surface area contributed by atoms with Crippen molar-refractivity contribution in [1.29, 1.82) is 0 Å². The highest BCUT2D eigenvalue weighted by atomic mass is 16.2. The highest BCUT2D eigenvalue weighted by molar-refractivity contribution is 5.83. The van der Waals surface area contributed by atoms with E-state index in [9.17, 15) is 4.79 Å². The van der Waals surface area contributed by atoms with Crippen molar-refractivity contribution in [1.82, 2.24) is 14.7 Å². The molecule has 4 nitrogen and oxygen atoms in total. The zero-order chi connectivity index (χ0) is 16.8. The summed E-state index contributed by atoms with van der Waals surface area (Å²) in [5.74, 6) is 0.918. The molecule has 1 aromatic carbocycles. The van der Waals surface area contributed by atoms with Crippen LogP contribution >= 0.6 is 0 Å². The molecule has 2 aliphatic rings. The second kappa shape index (κ2) is 5.76. The second-order valence-corrected chi connectivity index (χ2v) is 7.43. The van der Waals surface area contributed by atoms with Crippen LogP contribution in [0.25, 0.3) is 0 Å². The van der Waals surface area contributed by atoms with Crippen molar-refractivity contribution >= 4 is 5.91 Å². The van der Waals surface area contributed by atoms with E-state index in [2.05, 4.69) is 42.0 Å². The number of amides is 1. The summed E-state index contributed by atoms with van der Waals surface area (Å²) in [6.45, 7) is 5.17. The summed E-state index contributed by atoms with van der Waals surface area (Å²) in [5.41, 5.74) is 5.14. The lowest BCUT2D eigenvalue weighted by atomic mass is 10.0. The number of likely N-dealkylation sites (tertiary alicyclic amines) is 1. The van der Waals surface area contributed by atoms with E-state index in [4.69, 9.17) is 0 Å². The van der Waals surface area contributed by atoms with E-state index in [1.54, 1.807) is 0 Å². The van der Waals surface area contributed by atoms with Crippen LogP contribution in [0.1, 0.15) is 53.5 Å². The molecule has 1 aromatic heterocycles. The Labute approximate surface area is 143 Å². The van der Waals surface area contributed by atoms with Gasteiger partial charge in [-0.25, -0.2) is 0 Å². The summed E-state index contributed by atoms with van der Waals surface area (Å²) in [7, 11) is 1.93. The molecule has 1 saturated heterocycles. The van der Waals surface area contributed by atoms with Crippen LogP contribution < -0.4 is 0 Å². The van der Waals surface area contributed by atoms with Crippen LogP contribution in [0.5, 0.6) is 0 Å². The Bertz CT molecular complexity index is 779. The van der Waals surface area contributed by atoms with Gasteiger partial charge in [0, 0.05) is 31.3 Å². The fourth-order valence-electron chi connectivity index (χ4n) is 4.03. The molecular weight excluding hydrogens is 298 g/mol. The van der Waals surface area contributed by atoms with Gasteiger partial charge in [0.2, 0.25) is 5.91 Å². The van der Waals surface area contributed by atoms with Crippen molar-refractivity contribution in [2.75, 3.05) is 6.54 Å². The standard InChI is InChI=1S/C20H25N3O/c1-13-6-7-15(9-14(13)2)17-10-18(17)20(24)23-8-4-5-19(23)16-11-21-22(3)12-16/h6-7,9,11-12,17-19H,4-5,8,10H2,1-3H3/t17-,18-,19+/m0/s1. The van der Waals surface area contributed by atoms with Gasteiger partial charge in [0.1, 0.15) is 0 Å². The number of hydrogen-bond donors (Lipinski definition) is 0. The Morgan fingerprint density at radius 3 is 2.75 bits per heavy atom. The van der Waals surface area contributed by atoms with Gasteiger partial charge in [-0.3, -0.25) is 9.48 Å². The van der Waals surface area contributed by atoms with Gasteiger partial charge in [0.25, 0.3) is 0 Å². The molecule has 2 heterocycles. The number of benzene rings is 1. The highest BCUT2D eigenvalue weighted by Crippen LogP contribution is 2.50. The molecule has 1 amide bonds. The lowest BCUT2D eigenvalue weighted by Crippen LogP contribution is -2.32. The molecule has 2 fully saturated rings. The quantitative estimate of drug-likeness (QED) is 0.867. The van der Waals surface area contributed by atoms with Crippen LogP contribution in [0.4, 0.5) is 0 Å². The van der Waals surface area contributed by atoms with Crippen molar-refractivity contribution in [3.05, 3.63) is 52.8 Å². The number of hydrogen-bond acceptors (Lipinski definition) is 2. The molecule has 0 radical (unpaired) electrons. The maximum absolute atomic E-state index is 13.0. The Morgan fingerprint density at radius 1 is 1.21 bits per heavy atom. The lowest BCUT2D eigenvalue weighted by molar-refractivity contribution is -0.133. The summed E-state index contributed by atoms with van der Waals surface area (Å²) >= 11 is 0. The predicted octanol–water partition coefficient (Wildman–Crippen LogP) is 3.50. The number of carbonyl (C=O) groups is 1. The average molecular weight is 323 g/mol. The maximum atomic E-state index is 13.0. The normalized spacial score (nSPS) is 26.0. The van der Waals surface area contributed by atoms with E-state index in [1.165, 1.54) is 22.3 Å². The maximum Gasteiger partial charge on any atom is 0.226 e. The molecule has 0 bridgehead atoms. The Kier molecular flexibility index (Phi) is 3.70. The van der Waals surface area contributed by atoms with Crippen LogP contribution in [0, 0.1) is 19.8 Å². The van der Waals surface area contributed by atoms with Gasteiger partial charge in [0.15, 0.2) is 0 Å². The first-order valence-corrected chi connectivity index (χ1v) is 8.91. The molecule has 1 aliphatic heterocycles. The van der Waals surface area contributed by atoms with Gasteiger partial charge in [-0.2, -0.15) is 5.10 Å². The Hall–Kier alpha value is -2.10. The van der Waals surface area contributed by atoms with Crippen LogP contribution in [-0.2, 0) is 11.8 Å². The molecule has 0 unspecified atom stereocenters. The number of nitrogens with zero attached hydrogens (tertiary/aromatic N) is 3. The average Bonchev–Trinajstić information content (AvgIpc) is 2.99. The smallest absolute Gasteiger partial charge is 0.226 e. The molecular formula is C20H25N3O. The van der Waals surface area contributed by atoms with E-state index < -0.39 is 0 Å². The number of aryl methyl sites for hydroxylation is 3. The molecule has 24 heavy (non-hydrogen) atoms. The molecule has 4 heteroatoms. The fraction of sp³-hybridized carbons (Fsp3) is 0.500. The van der Waals surface area contributed by atoms with Crippen LogP contribution in [0.3, 0.4) is 0 Å². The third-order valence-electron chi connectivity index (χ3n) is 5.71. The molecule has 3 atom stereocenters. The SMILES string of the molecule is Cc1ccc([C@@H]2C[C@@H]2C(=O)N2CCC[C@@H]2c2cnn(C)c2)cc1C. The minimum absolute atomic E-state index is 0.171. The van der Waals surface area contributed by atoms with Crippen LogP contribution in [0.15, 0.2) is 30.6 Å². The summed E-state index contributed by atoms with van der Waals surface area (Å²) in [6.07, 6.45) is 7.09. The first-order valence-electron chi connectivity index (χ1n) is 8.91. The van der Waals surface area contributed by atoms with Crippen molar-refractivity contribution in [2.24, 2.45) is 13.0 Å². The van der Waals surface area contributed by atoms with E-state index in [0.29, 0.717) is 11.8 Å². The van der Waals surface area contributed by atoms with E-state index in [0.717, 1.165) is 25.8 Å². The fourth-order valence-corrected chi connectivity index (χ4v) is 4.03. The topological polar surface area (TPSA) is 38.1 Å². The minimum atomic E-state index is 0.171. The number of aromatic nitrogens is 2. The summed E-state index contributed by atoms with van der Waals surface area (Å²) < 4.78 is 1.82. The minimum Gasteiger partial charge on any atom is -0.335 e. The van der Waals surface area contributed by atoms with Gasteiger partial charge in [-0.15, -0.1) is 0 Å². The molecule has 4 rings (SSSR count). The summed E-state index contributed by atoms with van der Waals surface area (Å²) in [6, 6.07) is 6.85. The Morgan fingerprint density at radius 2 is 2.04 bits per heavy atom. The van der Waals surface area contributed by atoms with E-state index >= 15 is 0 Å². The van der Waals surface area contributed by atoms with Crippen molar-refractivity contribution in [2.45, 2.75) is 45.1 Å². The third-order valence-corrected chi connectivity index (χ3v) is 5.71. The van der Waals surface area contributed by atoms with Crippen molar-refractivity contribution in [3.8, 4) is 0 Å². The Balaban J connectivity index is 1.49. The monoisotopic (exact) mass is 323 g/mol. The van der Waals surface area contributed by atoms with Crippen LogP contribution in [-0.4, -0.2) is 27.1 Å². The van der Waals surface area contributed by atoms with E-state index in [1.807, 2.05) is 24.1 Å². The third kappa shape index (κ3) is 2.64. The second-order valence-electron chi connectivity index (χ2n) is 7.43. The predicted molar refractivity (Wildman–Crippen MR) is 93.7 cm³/mol. The lowest BCUT2D eigenvalue weighted by Gasteiger charge is -2.24. The molecule has 2 aromatic rings. The molecule has 126 valence electrons. The zero-order valence-corrected chi connectivity index (χ0v) is 14.7. The first kappa shape index (κ1) is 15.4. The number of carbonyl (C=O) groups excluding carboxylic acids is 1.